The van der Waals surface area contributed by atoms with Gasteiger partial charge in [0.05, 0.1) is 4.90 Å². The minimum absolute atomic E-state index is 0.0745. The van der Waals surface area contributed by atoms with Gasteiger partial charge in [0.15, 0.2) is 6.61 Å². The van der Waals surface area contributed by atoms with Crippen LogP contribution in [0.2, 0.25) is 0 Å². The number of hydrogen-bond donors (Lipinski definition) is 3. The van der Waals surface area contributed by atoms with Crippen LogP contribution in [0, 0.1) is 6.92 Å². The van der Waals surface area contributed by atoms with Gasteiger partial charge in [-0.15, -0.1) is 0 Å². The molecule has 1 aromatic heterocycles. The van der Waals surface area contributed by atoms with Crippen molar-refractivity contribution in [3.63, 3.8) is 0 Å². The van der Waals surface area contributed by atoms with Crippen LogP contribution in [0.3, 0.4) is 0 Å². The van der Waals surface area contributed by atoms with Crippen molar-refractivity contribution in [1.82, 2.24) is 4.98 Å². The Labute approximate surface area is 174 Å². The Morgan fingerprint density at radius 2 is 1.93 bits per heavy atom. The molecule has 0 aliphatic heterocycles. The van der Waals surface area contributed by atoms with Crippen molar-refractivity contribution in [1.29, 1.82) is 0 Å². The third kappa shape index (κ3) is 5.46. The van der Waals surface area contributed by atoms with Crippen LogP contribution in [-0.2, 0) is 30.8 Å². The highest BCUT2D eigenvalue weighted by Crippen LogP contribution is 2.20. The number of aromatic nitrogens is 1. The van der Waals surface area contributed by atoms with E-state index in [-0.39, 0.29) is 17.0 Å². The summed E-state index contributed by atoms with van der Waals surface area (Å²) in [6.07, 6.45) is 3.43. The zero-order chi connectivity index (χ0) is 21.7. The number of nitrogens with two attached hydrogens (primary N) is 1. The quantitative estimate of drug-likeness (QED) is 0.474. The lowest BCUT2D eigenvalue weighted by Crippen LogP contribution is -2.21. The third-order valence-corrected chi connectivity index (χ3v) is 5.70. The molecule has 0 atom stereocenters. The van der Waals surface area contributed by atoms with Gasteiger partial charge in [-0.1, -0.05) is 24.3 Å². The summed E-state index contributed by atoms with van der Waals surface area (Å²) >= 11 is 0. The fourth-order valence-electron chi connectivity index (χ4n) is 3.16. The number of ether oxygens (including phenoxy) is 1. The summed E-state index contributed by atoms with van der Waals surface area (Å²) in [6, 6.07) is 12.3. The van der Waals surface area contributed by atoms with Gasteiger partial charge >= 0.3 is 5.97 Å². The van der Waals surface area contributed by atoms with Gasteiger partial charge in [-0.3, -0.25) is 9.59 Å². The number of hydrogen-bond acceptors (Lipinski definition) is 5. The zero-order valence-electron chi connectivity index (χ0n) is 16.5. The number of carbonyl (C=O) groups excluding carboxylic acids is 2. The molecule has 2 aromatic carbocycles. The van der Waals surface area contributed by atoms with Gasteiger partial charge < -0.3 is 15.0 Å². The van der Waals surface area contributed by atoms with E-state index in [1.54, 1.807) is 13.0 Å². The first-order valence-corrected chi connectivity index (χ1v) is 10.9. The van der Waals surface area contributed by atoms with Gasteiger partial charge in [0.2, 0.25) is 10.0 Å². The molecule has 8 nitrogen and oxygen atoms in total. The van der Waals surface area contributed by atoms with Crippen molar-refractivity contribution >= 4 is 38.5 Å². The molecule has 0 aliphatic rings. The SMILES string of the molecule is Cc1ccc(NC(=O)COC(=O)CCCc2c[nH]c3ccccc23)cc1S(N)(=O)=O. The lowest BCUT2D eigenvalue weighted by atomic mass is 10.1. The number of carbonyl (C=O) groups is 2. The van der Waals surface area contributed by atoms with E-state index >= 15 is 0 Å². The molecule has 4 N–H and O–H groups in total. The maximum atomic E-state index is 12.0. The number of para-hydroxylation sites is 1. The van der Waals surface area contributed by atoms with Crippen LogP contribution < -0.4 is 10.5 Å². The second kappa shape index (κ2) is 9.10. The molecule has 3 aromatic rings. The predicted molar refractivity (Wildman–Crippen MR) is 113 cm³/mol. The van der Waals surface area contributed by atoms with Crippen LogP contribution in [0.4, 0.5) is 5.69 Å². The lowest BCUT2D eigenvalue weighted by molar-refractivity contribution is -0.147. The van der Waals surface area contributed by atoms with Crippen molar-refractivity contribution < 1.29 is 22.7 Å². The predicted octanol–water partition coefficient (Wildman–Crippen LogP) is 2.63. The fraction of sp³-hybridized carbons (Fsp3) is 0.238. The second-order valence-corrected chi connectivity index (χ2v) is 8.48. The van der Waals surface area contributed by atoms with E-state index < -0.39 is 28.5 Å². The maximum absolute atomic E-state index is 12.0. The van der Waals surface area contributed by atoms with Crippen LogP contribution in [0.25, 0.3) is 10.9 Å². The molecule has 9 heteroatoms. The van der Waals surface area contributed by atoms with E-state index in [4.69, 9.17) is 9.88 Å². The number of aryl methyl sites for hydroxylation is 2. The number of anilines is 1. The Balaban J connectivity index is 1.45. The molecule has 158 valence electrons. The largest absolute Gasteiger partial charge is 0.456 e. The smallest absolute Gasteiger partial charge is 0.306 e. The number of benzene rings is 2. The van der Waals surface area contributed by atoms with Crippen LogP contribution in [-0.4, -0.2) is 31.9 Å². The molecule has 0 radical (unpaired) electrons. The summed E-state index contributed by atoms with van der Waals surface area (Å²) in [4.78, 5) is 27.0. The molecule has 0 aliphatic carbocycles. The van der Waals surface area contributed by atoms with E-state index in [9.17, 15) is 18.0 Å². The van der Waals surface area contributed by atoms with Gasteiger partial charge in [0, 0.05) is 29.2 Å². The minimum atomic E-state index is -3.90. The number of esters is 1. The fourth-order valence-corrected chi connectivity index (χ4v) is 3.97. The van der Waals surface area contributed by atoms with E-state index in [0.29, 0.717) is 18.4 Å². The number of H-pyrrole nitrogens is 1. The van der Waals surface area contributed by atoms with Crippen LogP contribution in [0.1, 0.15) is 24.0 Å². The van der Waals surface area contributed by atoms with E-state index in [2.05, 4.69) is 10.3 Å². The first-order chi connectivity index (χ1) is 14.2. The number of sulfonamides is 1. The summed E-state index contributed by atoms with van der Waals surface area (Å²) in [5, 5.41) is 8.78. The number of amides is 1. The van der Waals surface area contributed by atoms with Crippen molar-refractivity contribution in [3.8, 4) is 0 Å². The molecule has 0 bridgehead atoms. The highest BCUT2D eigenvalue weighted by molar-refractivity contribution is 7.89. The minimum Gasteiger partial charge on any atom is -0.456 e. The number of fused-ring (bicyclic) bond motifs is 1. The first kappa shape index (κ1) is 21.5. The second-order valence-electron chi connectivity index (χ2n) is 6.95. The molecule has 0 fully saturated rings. The highest BCUT2D eigenvalue weighted by atomic mass is 32.2. The first-order valence-electron chi connectivity index (χ1n) is 9.38. The van der Waals surface area contributed by atoms with Crippen molar-refractivity contribution in [2.24, 2.45) is 5.14 Å². The maximum Gasteiger partial charge on any atom is 0.306 e. The summed E-state index contributed by atoms with van der Waals surface area (Å²) in [6.45, 7) is 1.15. The monoisotopic (exact) mass is 429 g/mol. The summed E-state index contributed by atoms with van der Waals surface area (Å²) in [5.74, 6) is -1.04. The van der Waals surface area contributed by atoms with Gasteiger partial charge in [-0.2, -0.15) is 0 Å². The Morgan fingerprint density at radius 1 is 1.17 bits per heavy atom. The summed E-state index contributed by atoms with van der Waals surface area (Å²) < 4.78 is 28.1. The van der Waals surface area contributed by atoms with Crippen molar-refractivity contribution in [3.05, 3.63) is 59.8 Å². The molecule has 0 saturated heterocycles. The number of primary sulfonamides is 1. The molecule has 1 heterocycles. The van der Waals surface area contributed by atoms with Crippen LogP contribution in [0.5, 0.6) is 0 Å². The van der Waals surface area contributed by atoms with E-state index in [1.165, 1.54) is 12.1 Å². The topological polar surface area (TPSA) is 131 Å². The highest BCUT2D eigenvalue weighted by Gasteiger charge is 2.14. The standard InChI is InChI=1S/C21H23N3O5S/c1-14-9-10-16(11-19(14)30(22,27)28)24-20(25)13-29-21(26)8-4-5-15-12-23-18-7-3-2-6-17(15)18/h2-3,6-7,9-12,23H,4-5,8,13H2,1H3,(H,24,25)(H2,22,27,28). The summed E-state index contributed by atoms with van der Waals surface area (Å²) in [5.41, 5.74) is 2.90. The molecular weight excluding hydrogens is 406 g/mol. The van der Waals surface area contributed by atoms with Gasteiger partial charge in [0.1, 0.15) is 0 Å². The number of nitrogens with one attached hydrogen (secondary N) is 2. The van der Waals surface area contributed by atoms with Gasteiger partial charge in [0.25, 0.3) is 5.91 Å². The Hall–Kier alpha value is -3.17. The van der Waals surface area contributed by atoms with Gasteiger partial charge in [-0.25, -0.2) is 13.6 Å². The average molecular weight is 429 g/mol. The van der Waals surface area contributed by atoms with Gasteiger partial charge in [-0.05, 0) is 49.1 Å². The van der Waals surface area contributed by atoms with Crippen LogP contribution >= 0.6 is 0 Å². The lowest BCUT2D eigenvalue weighted by Gasteiger charge is -2.09. The summed E-state index contributed by atoms with van der Waals surface area (Å²) in [7, 11) is -3.90. The molecule has 0 saturated carbocycles. The normalized spacial score (nSPS) is 11.4. The number of aromatic amines is 1. The number of rotatable bonds is 8. The molecule has 30 heavy (non-hydrogen) atoms. The molecule has 0 spiro atoms. The Morgan fingerprint density at radius 3 is 2.70 bits per heavy atom. The Kier molecular flexibility index (Phi) is 6.53. The van der Waals surface area contributed by atoms with Crippen LogP contribution in [0.15, 0.2) is 53.6 Å². The zero-order valence-corrected chi connectivity index (χ0v) is 17.3. The van der Waals surface area contributed by atoms with Crippen molar-refractivity contribution in [2.75, 3.05) is 11.9 Å². The molecule has 3 rings (SSSR count). The van der Waals surface area contributed by atoms with E-state index in [0.717, 1.165) is 16.5 Å². The molecule has 0 unspecified atom stereocenters. The van der Waals surface area contributed by atoms with Crippen molar-refractivity contribution in [2.45, 2.75) is 31.1 Å². The third-order valence-electron chi connectivity index (χ3n) is 4.64. The Bertz CT molecular complexity index is 1180. The van der Waals surface area contributed by atoms with E-state index in [1.807, 2.05) is 30.5 Å². The average Bonchev–Trinajstić information content (AvgIpc) is 3.10. The molecular formula is C21H23N3O5S. The molecule has 1 amide bonds.